The summed E-state index contributed by atoms with van der Waals surface area (Å²) >= 11 is 2.02. The van der Waals surface area contributed by atoms with Gasteiger partial charge < -0.3 is 9.80 Å². The molecule has 0 saturated heterocycles. The van der Waals surface area contributed by atoms with E-state index in [9.17, 15) is 0 Å². The minimum atomic E-state index is -0.464. The summed E-state index contributed by atoms with van der Waals surface area (Å²) in [5.41, 5.74) is 31.4. The molecule has 2 aliphatic heterocycles. The summed E-state index contributed by atoms with van der Waals surface area (Å²) in [6.45, 7) is 30.3. The zero-order valence-electron chi connectivity index (χ0n) is 48.4. The Morgan fingerprint density at radius 2 is 1.03 bits per heavy atom. The summed E-state index contributed by atoms with van der Waals surface area (Å²) < 4.78 is 2.73. The molecule has 10 aromatic rings. The van der Waals surface area contributed by atoms with Gasteiger partial charge >= 0.3 is 0 Å². The first-order valence-corrected chi connectivity index (χ1v) is 29.8. The molecule has 1 spiro atoms. The van der Waals surface area contributed by atoms with Gasteiger partial charge in [-0.1, -0.05) is 204 Å². The van der Waals surface area contributed by atoms with E-state index in [-0.39, 0.29) is 17.5 Å². The molecule has 0 fully saturated rings. The minimum Gasteiger partial charge on any atom is -0.311 e. The number of anilines is 6. The van der Waals surface area contributed by atoms with E-state index in [1.54, 1.807) is 0 Å². The van der Waals surface area contributed by atoms with Crippen molar-refractivity contribution < 1.29 is 0 Å². The first-order chi connectivity index (χ1) is 37.8. The summed E-state index contributed by atoms with van der Waals surface area (Å²) in [4.78, 5) is 5.28. The van der Waals surface area contributed by atoms with Gasteiger partial charge in [-0.3, -0.25) is 0 Å². The van der Waals surface area contributed by atoms with Crippen LogP contribution < -0.4 is 25.5 Å². The number of benzene rings is 9. The van der Waals surface area contributed by atoms with Gasteiger partial charge in [0.2, 0.25) is 0 Å². The quantitative estimate of drug-likeness (QED) is 0.153. The van der Waals surface area contributed by atoms with E-state index in [4.69, 9.17) is 0 Å². The third-order valence-electron chi connectivity index (χ3n) is 18.4. The second-order valence-electron chi connectivity index (χ2n) is 26.3. The van der Waals surface area contributed by atoms with Gasteiger partial charge in [-0.15, -0.1) is 11.3 Å². The van der Waals surface area contributed by atoms with Crippen molar-refractivity contribution in [1.82, 2.24) is 0 Å². The Bertz CT molecular complexity index is 4080. The second-order valence-corrected chi connectivity index (χ2v) is 27.4. The molecule has 3 heterocycles. The maximum absolute atomic E-state index is 2.66. The number of fused-ring (bicyclic) bond motifs is 16. The lowest BCUT2D eigenvalue weighted by Crippen LogP contribution is -2.60. The van der Waals surface area contributed by atoms with Crippen LogP contribution in [0, 0.1) is 6.92 Å². The van der Waals surface area contributed by atoms with E-state index in [1.807, 2.05) is 11.3 Å². The fourth-order valence-corrected chi connectivity index (χ4v) is 15.8. The fraction of sp³-hybridized carbons (Fsp3) is 0.253. The summed E-state index contributed by atoms with van der Waals surface area (Å²) in [5.74, 6) is 1.18. The van der Waals surface area contributed by atoms with Crippen molar-refractivity contribution in [2.45, 2.75) is 124 Å². The lowest BCUT2D eigenvalue weighted by Gasteiger charge is -2.43. The molecule has 390 valence electrons. The van der Waals surface area contributed by atoms with Crippen LogP contribution in [0.4, 0.5) is 34.1 Å². The van der Waals surface area contributed by atoms with Crippen LogP contribution in [0.1, 0.15) is 156 Å². The van der Waals surface area contributed by atoms with Crippen molar-refractivity contribution in [3.63, 3.8) is 0 Å². The Balaban J connectivity index is 1.09. The highest BCUT2D eigenvalue weighted by Gasteiger charge is 2.53. The molecule has 2 nitrogen and oxygen atoms in total. The van der Waals surface area contributed by atoms with Gasteiger partial charge in [-0.2, -0.15) is 0 Å². The summed E-state index contributed by atoms with van der Waals surface area (Å²) in [6, 6.07) is 69.7. The molecule has 4 heteroatoms. The van der Waals surface area contributed by atoms with Gasteiger partial charge in [0, 0.05) is 43.3 Å². The fourth-order valence-electron chi connectivity index (χ4n) is 14.4. The van der Waals surface area contributed by atoms with Gasteiger partial charge in [0.15, 0.2) is 0 Å². The number of thiophene rings is 1. The SMILES string of the molecule is Cc1cc2c3c(c1)N(c1ccc(C(C)(C)C)cc1)c1c(sc4cc5c(cc14)-c1ccc(C(C)(C)C)cc1C51c4ccccc4-c4ccccc41)B3c1ccc(-c3c(C(C)C)cccc3C(C)C)cc1N2c1ccc(C(C)C)cc1. The Hall–Kier alpha value is -7.40. The standard InChI is InChI=1S/C75H71BN2S/c1-43(2)47-25-31-51(32-26-47)77-65-39-48(69-53(44(3)4)21-18-22-54(69)45(5)6)27-36-64(65)76-70-66(77)37-46(7)38-67(70)78(52-33-28-49(29-34-52)73(8,9)10)71-59-41-58-57-35-30-50(74(11,12)13)40-62(57)75(63(58)42-68(59)79-72(71)76)60-23-16-14-19-55(60)56-20-15-17-24-61(56)75/h14-45H,1-13H3. The monoisotopic (exact) mass is 1040 g/mol. The lowest BCUT2D eigenvalue weighted by molar-refractivity contribution is 0.588. The van der Waals surface area contributed by atoms with E-state index < -0.39 is 5.41 Å². The molecular weight excluding hydrogens is 972 g/mol. The third-order valence-corrected chi connectivity index (χ3v) is 19.6. The molecule has 0 bridgehead atoms. The molecule has 0 unspecified atom stereocenters. The highest BCUT2D eigenvalue weighted by molar-refractivity contribution is 7.33. The van der Waals surface area contributed by atoms with Crippen molar-refractivity contribution in [1.29, 1.82) is 0 Å². The average molecular weight is 1040 g/mol. The van der Waals surface area contributed by atoms with Crippen LogP contribution >= 0.6 is 11.3 Å². The largest absolute Gasteiger partial charge is 0.311 e. The summed E-state index contributed by atoms with van der Waals surface area (Å²) in [5, 5.41) is 1.31. The molecule has 0 atom stereocenters. The molecule has 0 radical (unpaired) electrons. The first kappa shape index (κ1) is 49.9. The van der Waals surface area contributed by atoms with Gasteiger partial charge in [-0.25, -0.2) is 0 Å². The van der Waals surface area contributed by atoms with Gasteiger partial charge in [0.1, 0.15) is 0 Å². The Morgan fingerprint density at radius 1 is 0.468 bits per heavy atom. The predicted octanol–water partition coefficient (Wildman–Crippen LogP) is 19.3. The molecule has 1 aromatic heterocycles. The van der Waals surface area contributed by atoms with Gasteiger partial charge in [0.25, 0.3) is 6.71 Å². The van der Waals surface area contributed by atoms with Crippen molar-refractivity contribution in [3.8, 4) is 33.4 Å². The maximum Gasteiger partial charge on any atom is 0.264 e. The molecule has 4 aliphatic rings. The molecule has 0 N–H and O–H groups in total. The number of aryl methyl sites for hydroxylation is 1. The molecule has 14 rings (SSSR count). The number of nitrogens with zero attached hydrogens (tertiary/aromatic N) is 2. The van der Waals surface area contributed by atoms with E-state index in [0.717, 1.165) is 0 Å². The second kappa shape index (κ2) is 17.6. The van der Waals surface area contributed by atoms with Crippen molar-refractivity contribution in [3.05, 3.63) is 232 Å². The van der Waals surface area contributed by atoms with Crippen molar-refractivity contribution in [2.24, 2.45) is 0 Å². The molecule has 79 heavy (non-hydrogen) atoms. The highest BCUT2D eigenvalue weighted by atomic mass is 32.1. The van der Waals surface area contributed by atoms with Crippen LogP contribution in [-0.2, 0) is 16.2 Å². The van der Waals surface area contributed by atoms with Crippen LogP contribution in [0.15, 0.2) is 176 Å². The van der Waals surface area contributed by atoms with Crippen LogP contribution in [0.3, 0.4) is 0 Å². The first-order valence-electron chi connectivity index (χ1n) is 29.0. The lowest BCUT2D eigenvalue weighted by atomic mass is 9.36. The molecule has 0 amide bonds. The number of rotatable bonds is 6. The predicted molar refractivity (Wildman–Crippen MR) is 342 cm³/mol. The zero-order valence-corrected chi connectivity index (χ0v) is 49.2. The third kappa shape index (κ3) is 7.22. The van der Waals surface area contributed by atoms with Crippen LogP contribution in [-0.4, -0.2) is 6.71 Å². The van der Waals surface area contributed by atoms with Gasteiger partial charge in [-0.05, 0) is 190 Å². The van der Waals surface area contributed by atoms with Gasteiger partial charge in [0.05, 0.1) is 11.1 Å². The Morgan fingerprint density at radius 3 is 1.63 bits per heavy atom. The van der Waals surface area contributed by atoms with E-state index >= 15 is 0 Å². The average Bonchev–Trinajstić information content (AvgIpc) is 2.44. The van der Waals surface area contributed by atoms with Crippen molar-refractivity contribution in [2.75, 3.05) is 9.80 Å². The molecule has 9 aromatic carbocycles. The zero-order chi connectivity index (χ0) is 54.8. The number of hydrogen-bond acceptors (Lipinski definition) is 3. The Labute approximate surface area is 473 Å². The molecule has 2 aliphatic carbocycles. The summed E-state index contributed by atoms with van der Waals surface area (Å²) in [6.07, 6.45) is 0. The van der Waals surface area contributed by atoms with Crippen LogP contribution in [0.2, 0.25) is 0 Å². The van der Waals surface area contributed by atoms with E-state index in [2.05, 4.69) is 276 Å². The highest BCUT2D eigenvalue weighted by Crippen LogP contribution is 2.64. The summed E-state index contributed by atoms with van der Waals surface area (Å²) in [7, 11) is 0. The topological polar surface area (TPSA) is 6.48 Å². The van der Waals surface area contributed by atoms with Crippen LogP contribution in [0.5, 0.6) is 0 Å². The Kier molecular flexibility index (Phi) is 11.1. The smallest absolute Gasteiger partial charge is 0.264 e. The van der Waals surface area contributed by atoms with E-state index in [1.165, 1.54) is 149 Å². The van der Waals surface area contributed by atoms with Crippen molar-refractivity contribution >= 4 is 78.0 Å². The van der Waals surface area contributed by atoms with Crippen LogP contribution in [0.25, 0.3) is 43.5 Å². The molecular formula is C75H71BN2S. The maximum atomic E-state index is 2.66. The van der Waals surface area contributed by atoms with E-state index in [0.29, 0.717) is 17.8 Å². The number of hydrogen-bond donors (Lipinski definition) is 0. The minimum absolute atomic E-state index is 0.0124. The molecule has 0 saturated carbocycles. The normalized spacial score (nSPS) is 14.5.